The lowest BCUT2D eigenvalue weighted by atomic mass is 10.2. The van der Waals surface area contributed by atoms with Gasteiger partial charge in [-0.1, -0.05) is 0 Å². The normalized spacial score (nSPS) is 16.4. The molecule has 3 N–H and O–H groups in total. The van der Waals surface area contributed by atoms with E-state index in [1.165, 1.54) is 0 Å². The third-order valence-electron chi connectivity index (χ3n) is 2.87. The highest BCUT2D eigenvalue weighted by Gasteiger charge is 2.27. The summed E-state index contributed by atoms with van der Waals surface area (Å²) in [4.78, 5) is 30.6. The summed E-state index contributed by atoms with van der Waals surface area (Å²) in [6, 6.07) is 0. The number of aliphatic hydroxyl groups is 1. The van der Waals surface area contributed by atoms with Gasteiger partial charge in [0.2, 0.25) is 0 Å². The fourth-order valence-corrected chi connectivity index (χ4v) is 1.75. The Kier molecular flexibility index (Phi) is 3.47. The SMILES string of the molecule is Cc1nc(C2CC2)[nH]c(=O)c1C(=O)NC[C@@H](C)O. The highest BCUT2D eigenvalue weighted by Crippen LogP contribution is 2.37. The van der Waals surface area contributed by atoms with Crippen molar-refractivity contribution in [2.45, 2.75) is 38.7 Å². The molecule has 2 rings (SSSR count). The average molecular weight is 251 g/mol. The number of aryl methyl sites for hydroxylation is 1. The first-order valence-electron chi connectivity index (χ1n) is 6.06. The molecule has 1 saturated carbocycles. The van der Waals surface area contributed by atoms with Crippen LogP contribution in [0.25, 0.3) is 0 Å². The fourth-order valence-electron chi connectivity index (χ4n) is 1.75. The smallest absolute Gasteiger partial charge is 0.264 e. The topological polar surface area (TPSA) is 95.1 Å². The molecule has 0 spiro atoms. The number of aromatic amines is 1. The zero-order valence-corrected chi connectivity index (χ0v) is 10.5. The van der Waals surface area contributed by atoms with Gasteiger partial charge in [0, 0.05) is 12.5 Å². The standard InChI is InChI=1S/C12H17N3O3/c1-6(16)5-13-11(17)9-7(2)14-10(8-3-4-8)15-12(9)18/h6,8,16H,3-5H2,1-2H3,(H,13,17)(H,14,15,18)/t6-/m1/s1. The van der Waals surface area contributed by atoms with Crippen molar-refractivity contribution < 1.29 is 9.90 Å². The first-order chi connectivity index (χ1) is 8.49. The van der Waals surface area contributed by atoms with E-state index < -0.39 is 17.6 Å². The zero-order chi connectivity index (χ0) is 13.3. The van der Waals surface area contributed by atoms with E-state index in [-0.39, 0.29) is 12.1 Å². The molecule has 6 nitrogen and oxygen atoms in total. The van der Waals surface area contributed by atoms with E-state index in [1.807, 2.05) is 0 Å². The van der Waals surface area contributed by atoms with Crippen molar-refractivity contribution >= 4 is 5.91 Å². The maximum Gasteiger partial charge on any atom is 0.264 e. The molecular formula is C12H17N3O3. The van der Waals surface area contributed by atoms with E-state index in [4.69, 9.17) is 5.11 Å². The number of carbonyl (C=O) groups is 1. The number of amides is 1. The van der Waals surface area contributed by atoms with Crippen LogP contribution in [0.2, 0.25) is 0 Å². The number of aromatic nitrogens is 2. The molecule has 0 saturated heterocycles. The van der Waals surface area contributed by atoms with E-state index >= 15 is 0 Å². The molecule has 0 aliphatic heterocycles. The molecule has 1 amide bonds. The molecule has 1 heterocycles. The van der Waals surface area contributed by atoms with Gasteiger partial charge in [0.15, 0.2) is 0 Å². The molecule has 1 aliphatic rings. The van der Waals surface area contributed by atoms with Crippen LogP contribution in [-0.2, 0) is 0 Å². The molecule has 1 atom stereocenters. The number of aliphatic hydroxyl groups excluding tert-OH is 1. The van der Waals surface area contributed by atoms with E-state index in [2.05, 4.69) is 15.3 Å². The molecule has 1 fully saturated rings. The van der Waals surface area contributed by atoms with Gasteiger partial charge >= 0.3 is 0 Å². The van der Waals surface area contributed by atoms with Crippen LogP contribution in [0.3, 0.4) is 0 Å². The predicted molar refractivity (Wildman–Crippen MR) is 65.6 cm³/mol. The average Bonchev–Trinajstić information content (AvgIpc) is 3.08. The maximum absolute atomic E-state index is 11.9. The Morgan fingerprint density at radius 2 is 2.28 bits per heavy atom. The van der Waals surface area contributed by atoms with Crippen LogP contribution in [0, 0.1) is 6.92 Å². The molecule has 0 aromatic carbocycles. The van der Waals surface area contributed by atoms with Crippen molar-refractivity contribution in [3.05, 3.63) is 27.4 Å². The van der Waals surface area contributed by atoms with E-state index in [9.17, 15) is 9.59 Å². The van der Waals surface area contributed by atoms with Crippen LogP contribution < -0.4 is 10.9 Å². The molecule has 1 aromatic heterocycles. The van der Waals surface area contributed by atoms with Crippen LogP contribution in [0.4, 0.5) is 0 Å². The van der Waals surface area contributed by atoms with Gasteiger partial charge in [-0.2, -0.15) is 0 Å². The lowest BCUT2D eigenvalue weighted by molar-refractivity contribution is 0.0921. The van der Waals surface area contributed by atoms with Gasteiger partial charge in [0.05, 0.1) is 11.8 Å². The van der Waals surface area contributed by atoms with Crippen LogP contribution in [0.5, 0.6) is 0 Å². The van der Waals surface area contributed by atoms with Crippen molar-refractivity contribution in [3.63, 3.8) is 0 Å². The monoisotopic (exact) mass is 251 g/mol. The van der Waals surface area contributed by atoms with E-state index in [0.29, 0.717) is 17.4 Å². The Morgan fingerprint density at radius 1 is 1.61 bits per heavy atom. The summed E-state index contributed by atoms with van der Waals surface area (Å²) in [6.07, 6.45) is 1.43. The van der Waals surface area contributed by atoms with Crippen molar-refractivity contribution in [2.75, 3.05) is 6.54 Å². The molecule has 1 aliphatic carbocycles. The van der Waals surface area contributed by atoms with Gasteiger partial charge in [0.1, 0.15) is 11.4 Å². The molecular weight excluding hydrogens is 234 g/mol. The quantitative estimate of drug-likeness (QED) is 0.705. The van der Waals surface area contributed by atoms with Crippen LogP contribution in [0.1, 0.15) is 47.6 Å². The Morgan fingerprint density at radius 3 is 2.78 bits per heavy atom. The maximum atomic E-state index is 11.9. The predicted octanol–water partition coefficient (Wildman–Crippen LogP) is 0.0663. The molecule has 0 bridgehead atoms. The number of nitrogens with one attached hydrogen (secondary N) is 2. The van der Waals surface area contributed by atoms with Crippen LogP contribution >= 0.6 is 0 Å². The summed E-state index contributed by atoms with van der Waals surface area (Å²) in [5.74, 6) is 0.514. The highest BCUT2D eigenvalue weighted by molar-refractivity contribution is 5.94. The lowest BCUT2D eigenvalue weighted by Gasteiger charge is -2.09. The molecule has 1 aromatic rings. The number of carbonyl (C=O) groups excluding carboxylic acids is 1. The third kappa shape index (κ3) is 2.76. The van der Waals surface area contributed by atoms with Gasteiger partial charge in [-0.3, -0.25) is 9.59 Å². The number of hydrogen-bond acceptors (Lipinski definition) is 4. The molecule has 98 valence electrons. The second-order valence-electron chi connectivity index (χ2n) is 4.74. The van der Waals surface area contributed by atoms with Crippen molar-refractivity contribution in [1.29, 1.82) is 0 Å². The number of nitrogens with zero attached hydrogens (tertiary/aromatic N) is 1. The molecule has 6 heteroatoms. The minimum atomic E-state index is -0.646. The fraction of sp³-hybridized carbons (Fsp3) is 0.583. The van der Waals surface area contributed by atoms with Crippen molar-refractivity contribution in [3.8, 4) is 0 Å². The minimum Gasteiger partial charge on any atom is -0.392 e. The van der Waals surface area contributed by atoms with Gasteiger partial charge in [-0.25, -0.2) is 4.98 Å². The van der Waals surface area contributed by atoms with Gasteiger partial charge in [0.25, 0.3) is 11.5 Å². The Balaban J connectivity index is 2.22. The van der Waals surface area contributed by atoms with Gasteiger partial charge in [-0.15, -0.1) is 0 Å². The van der Waals surface area contributed by atoms with Crippen molar-refractivity contribution in [2.24, 2.45) is 0 Å². The Labute approximate surface area is 104 Å². The number of H-pyrrole nitrogens is 1. The third-order valence-corrected chi connectivity index (χ3v) is 2.87. The van der Waals surface area contributed by atoms with E-state index in [1.54, 1.807) is 13.8 Å². The van der Waals surface area contributed by atoms with Crippen molar-refractivity contribution in [1.82, 2.24) is 15.3 Å². The minimum absolute atomic E-state index is 0.0278. The molecule has 18 heavy (non-hydrogen) atoms. The molecule has 0 unspecified atom stereocenters. The summed E-state index contributed by atoms with van der Waals surface area (Å²) in [5.41, 5.74) is 0.0521. The summed E-state index contributed by atoms with van der Waals surface area (Å²) >= 11 is 0. The Bertz CT molecular complexity index is 518. The first-order valence-corrected chi connectivity index (χ1v) is 6.06. The lowest BCUT2D eigenvalue weighted by Crippen LogP contribution is -2.35. The van der Waals surface area contributed by atoms with E-state index in [0.717, 1.165) is 12.8 Å². The summed E-state index contributed by atoms with van der Waals surface area (Å²) in [7, 11) is 0. The number of hydrogen-bond donors (Lipinski definition) is 3. The highest BCUT2D eigenvalue weighted by atomic mass is 16.3. The largest absolute Gasteiger partial charge is 0.392 e. The van der Waals surface area contributed by atoms with Crippen LogP contribution in [0.15, 0.2) is 4.79 Å². The first kappa shape index (κ1) is 12.8. The summed E-state index contributed by atoms with van der Waals surface area (Å²) < 4.78 is 0. The van der Waals surface area contributed by atoms with Crippen LogP contribution in [-0.4, -0.2) is 33.6 Å². The summed E-state index contributed by atoms with van der Waals surface area (Å²) in [6.45, 7) is 3.33. The van der Waals surface area contributed by atoms with Gasteiger partial charge in [-0.05, 0) is 26.7 Å². The van der Waals surface area contributed by atoms with Gasteiger partial charge < -0.3 is 15.4 Å². The second kappa shape index (κ2) is 4.89. The number of rotatable bonds is 4. The summed E-state index contributed by atoms with van der Waals surface area (Å²) in [5, 5.41) is 11.6. The second-order valence-corrected chi connectivity index (χ2v) is 4.74. The molecule has 0 radical (unpaired) electrons. The zero-order valence-electron chi connectivity index (χ0n) is 10.5. The Hall–Kier alpha value is -1.69.